The number of ether oxygens (including phenoxy) is 2. The highest BCUT2D eigenvalue weighted by Gasteiger charge is 2.13. The Kier molecular flexibility index (Phi) is 10.4. The van der Waals surface area contributed by atoms with Crippen LogP contribution in [0.4, 0.5) is 5.69 Å². The summed E-state index contributed by atoms with van der Waals surface area (Å²) < 4.78 is 10.7. The van der Waals surface area contributed by atoms with Crippen LogP contribution in [0.5, 0.6) is 0 Å². The van der Waals surface area contributed by atoms with Gasteiger partial charge in [-0.15, -0.1) is 5.11 Å². The van der Waals surface area contributed by atoms with Crippen LogP contribution in [0.2, 0.25) is 5.02 Å². The second kappa shape index (κ2) is 14.6. The molecule has 0 aliphatic carbocycles. The Hall–Kier alpha value is -4.23. The first-order chi connectivity index (χ1) is 19.1. The zero-order chi connectivity index (χ0) is 27.3. The number of esters is 2. The van der Waals surface area contributed by atoms with E-state index in [-0.39, 0.29) is 13.2 Å². The molecule has 4 rings (SSSR count). The van der Waals surface area contributed by atoms with Crippen molar-refractivity contribution >= 4 is 41.4 Å². The van der Waals surface area contributed by atoms with Crippen LogP contribution < -0.4 is 0 Å². The van der Waals surface area contributed by atoms with Gasteiger partial charge in [-0.3, -0.25) is 5.01 Å². The van der Waals surface area contributed by atoms with Gasteiger partial charge < -0.3 is 9.47 Å². The molecule has 0 unspecified atom stereocenters. The summed E-state index contributed by atoms with van der Waals surface area (Å²) in [5.41, 5.74) is 3.32. The first-order valence-electron chi connectivity index (χ1n) is 12.8. The van der Waals surface area contributed by atoms with E-state index >= 15 is 0 Å². The molecule has 200 valence electrons. The van der Waals surface area contributed by atoms with Gasteiger partial charge in [0.25, 0.3) is 0 Å². The Morgan fingerprint density at radius 1 is 0.769 bits per heavy atom. The van der Waals surface area contributed by atoms with Crippen LogP contribution in [-0.4, -0.2) is 30.0 Å². The minimum absolute atomic E-state index is 0.160. The summed E-state index contributed by atoms with van der Waals surface area (Å²) in [4.78, 5) is 24.8. The van der Waals surface area contributed by atoms with Crippen molar-refractivity contribution in [1.29, 1.82) is 0 Å². The van der Waals surface area contributed by atoms with Gasteiger partial charge in [-0.25, -0.2) is 9.59 Å². The standard InChI is InChI=1S/C31H30ClN3O4/c32-28-17-14-26(15-18-29(36)38-22-24-10-4-1-5-11-24)31(33-34-35-20-8-3-9-21-35)27(28)16-19-30(37)39-23-25-12-6-2-7-13-25/h1-2,4-7,10-19H,3,8-9,20-23H2/b18-15+,19-16+,34-33?. The Morgan fingerprint density at radius 3 is 1.92 bits per heavy atom. The molecule has 3 aromatic rings. The molecule has 1 aliphatic heterocycles. The van der Waals surface area contributed by atoms with Crippen molar-refractivity contribution in [3.8, 4) is 0 Å². The van der Waals surface area contributed by atoms with Gasteiger partial charge in [0.2, 0.25) is 0 Å². The highest BCUT2D eigenvalue weighted by molar-refractivity contribution is 6.32. The number of piperidine rings is 1. The fourth-order valence-corrected chi connectivity index (χ4v) is 4.16. The number of carbonyl (C=O) groups excluding carboxylic acids is 2. The number of rotatable bonds is 10. The first kappa shape index (κ1) is 27.8. The molecule has 0 amide bonds. The Morgan fingerprint density at radius 2 is 1.33 bits per heavy atom. The predicted octanol–water partition coefficient (Wildman–Crippen LogP) is 7.34. The van der Waals surface area contributed by atoms with Crippen molar-refractivity contribution in [3.63, 3.8) is 0 Å². The zero-order valence-electron chi connectivity index (χ0n) is 21.5. The van der Waals surface area contributed by atoms with Crippen molar-refractivity contribution in [2.75, 3.05) is 13.1 Å². The van der Waals surface area contributed by atoms with Crippen molar-refractivity contribution in [2.45, 2.75) is 32.5 Å². The van der Waals surface area contributed by atoms with Gasteiger partial charge in [-0.05, 0) is 48.6 Å². The normalized spacial score (nSPS) is 13.8. The fraction of sp³-hybridized carbons (Fsp3) is 0.226. The highest BCUT2D eigenvalue weighted by Crippen LogP contribution is 2.34. The number of carbonyl (C=O) groups is 2. The van der Waals surface area contributed by atoms with Gasteiger partial charge >= 0.3 is 11.9 Å². The van der Waals surface area contributed by atoms with Gasteiger partial charge in [0.05, 0.1) is 5.02 Å². The first-order valence-corrected chi connectivity index (χ1v) is 13.2. The summed E-state index contributed by atoms with van der Waals surface area (Å²) in [5.74, 6) is -1.01. The molecule has 0 bridgehead atoms. The molecule has 0 spiro atoms. The summed E-state index contributed by atoms with van der Waals surface area (Å²) in [6.07, 6.45) is 9.09. The molecule has 1 fully saturated rings. The van der Waals surface area contributed by atoms with Crippen molar-refractivity contribution in [2.24, 2.45) is 10.3 Å². The lowest BCUT2D eigenvalue weighted by atomic mass is 10.1. The molecule has 0 radical (unpaired) electrons. The molecule has 8 heteroatoms. The summed E-state index contributed by atoms with van der Waals surface area (Å²) in [7, 11) is 0. The number of nitrogens with zero attached hydrogens (tertiary/aromatic N) is 3. The molecule has 3 aromatic carbocycles. The number of benzene rings is 3. The van der Waals surface area contributed by atoms with Crippen LogP contribution in [0.15, 0.2) is 95.3 Å². The third kappa shape index (κ3) is 8.93. The summed E-state index contributed by atoms with van der Waals surface area (Å²) in [6, 6.07) is 22.3. The van der Waals surface area contributed by atoms with E-state index in [0.29, 0.717) is 21.8 Å². The van der Waals surface area contributed by atoms with Crippen LogP contribution in [0.3, 0.4) is 0 Å². The zero-order valence-corrected chi connectivity index (χ0v) is 22.3. The van der Waals surface area contributed by atoms with Crippen LogP contribution in [0.25, 0.3) is 12.2 Å². The molecule has 1 heterocycles. The third-order valence-electron chi connectivity index (χ3n) is 6.03. The minimum atomic E-state index is -0.515. The number of halogens is 1. The van der Waals surface area contributed by atoms with E-state index < -0.39 is 11.9 Å². The molecule has 0 atom stereocenters. The van der Waals surface area contributed by atoms with Crippen LogP contribution in [-0.2, 0) is 32.3 Å². The van der Waals surface area contributed by atoms with Gasteiger partial charge in [-0.1, -0.05) is 83.6 Å². The van der Waals surface area contributed by atoms with E-state index in [1.54, 1.807) is 24.3 Å². The predicted molar refractivity (Wildman–Crippen MR) is 152 cm³/mol. The summed E-state index contributed by atoms with van der Waals surface area (Å²) in [6.45, 7) is 1.97. The van der Waals surface area contributed by atoms with E-state index in [1.807, 2.05) is 65.7 Å². The van der Waals surface area contributed by atoms with Crippen molar-refractivity contribution in [1.82, 2.24) is 5.01 Å². The van der Waals surface area contributed by atoms with E-state index in [1.165, 1.54) is 18.6 Å². The Labute approximate surface area is 233 Å². The maximum absolute atomic E-state index is 12.4. The summed E-state index contributed by atoms with van der Waals surface area (Å²) >= 11 is 6.53. The second-order valence-electron chi connectivity index (χ2n) is 8.96. The quantitative estimate of drug-likeness (QED) is 0.152. The molecule has 1 aliphatic rings. The smallest absolute Gasteiger partial charge is 0.331 e. The number of hydrogen-bond acceptors (Lipinski definition) is 6. The maximum Gasteiger partial charge on any atom is 0.331 e. The molecule has 0 saturated carbocycles. The minimum Gasteiger partial charge on any atom is -0.458 e. The SMILES string of the molecule is O=C(/C=C/c1ccc(Cl)c(/C=C/C(=O)OCc2ccccc2)c1N=NN1CCCCC1)OCc1ccccc1. The van der Waals surface area contributed by atoms with E-state index in [9.17, 15) is 9.59 Å². The lowest BCUT2D eigenvalue weighted by Crippen LogP contribution is -2.23. The third-order valence-corrected chi connectivity index (χ3v) is 6.36. The van der Waals surface area contributed by atoms with Crippen molar-refractivity contribution < 1.29 is 19.1 Å². The number of hydrogen-bond donors (Lipinski definition) is 0. The molecule has 1 saturated heterocycles. The van der Waals surface area contributed by atoms with Crippen LogP contribution >= 0.6 is 11.6 Å². The molecule has 0 aromatic heterocycles. The topological polar surface area (TPSA) is 80.6 Å². The van der Waals surface area contributed by atoms with Crippen LogP contribution in [0, 0.1) is 0 Å². The lowest BCUT2D eigenvalue weighted by molar-refractivity contribution is -0.139. The summed E-state index contributed by atoms with van der Waals surface area (Å²) in [5, 5.41) is 11.2. The average molecular weight is 544 g/mol. The van der Waals surface area contributed by atoms with Gasteiger partial charge in [0.1, 0.15) is 18.9 Å². The van der Waals surface area contributed by atoms with E-state index in [0.717, 1.165) is 37.1 Å². The van der Waals surface area contributed by atoms with Crippen molar-refractivity contribution in [3.05, 3.63) is 112 Å². The fourth-order valence-electron chi connectivity index (χ4n) is 3.94. The Balaban J connectivity index is 1.52. The molecule has 0 N–H and O–H groups in total. The monoisotopic (exact) mass is 543 g/mol. The molecule has 7 nitrogen and oxygen atoms in total. The lowest BCUT2D eigenvalue weighted by Gasteiger charge is -2.22. The largest absolute Gasteiger partial charge is 0.458 e. The van der Waals surface area contributed by atoms with Gasteiger partial charge in [-0.2, -0.15) is 0 Å². The van der Waals surface area contributed by atoms with Gasteiger partial charge in [0, 0.05) is 36.4 Å². The molecular formula is C31H30ClN3O4. The second-order valence-corrected chi connectivity index (χ2v) is 9.36. The molecule has 39 heavy (non-hydrogen) atoms. The van der Waals surface area contributed by atoms with E-state index in [4.69, 9.17) is 21.1 Å². The average Bonchev–Trinajstić information content (AvgIpc) is 2.98. The van der Waals surface area contributed by atoms with Gasteiger partial charge in [0.15, 0.2) is 0 Å². The highest BCUT2D eigenvalue weighted by atomic mass is 35.5. The molecular weight excluding hydrogens is 514 g/mol. The van der Waals surface area contributed by atoms with E-state index in [2.05, 4.69) is 10.3 Å². The maximum atomic E-state index is 12.4. The van der Waals surface area contributed by atoms with Crippen LogP contribution in [0.1, 0.15) is 41.5 Å². The Bertz CT molecular complexity index is 1330.